The summed E-state index contributed by atoms with van der Waals surface area (Å²) in [5.74, 6) is -0.543. The van der Waals surface area contributed by atoms with Crippen molar-refractivity contribution in [3.05, 3.63) is 35.4 Å². The normalized spacial score (nSPS) is 13.5. The molecule has 0 bridgehead atoms. The number of hydrogen-bond donors (Lipinski definition) is 1. The van der Waals surface area contributed by atoms with E-state index in [1.165, 1.54) is 13.8 Å². The maximum Gasteiger partial charge on any atom is 0.416 e. The van der Waals surface area contributed by atoms with Crippen LogP contribution in [-0.2, 0) is 21.8 Å². The minimum absolute atomic E-state index is 0.0793. The van der Waals surface area contributed by atoms with E-state index in [4.69, 9.17) is 0 Å². The molecule has 1 aromatic carbocycles. The van der Waals surface area contributed by atoms with Crippen molar-refractivity contribution in [3.8, 4) is 0 Å². The quantitative estimate of drug-likeness (QED) is 0.910. The number of alkyl halides is 3. The summed E-state index contributed by atoms with van der Waals surface area (Å²) in [5.41, 5.74) is -1.60. The van der Waals surface area contributed by atoms with Crippen molar-refractivity contribution in [1.82, 2.24) is 0 Å². The van der Waals surface area contributed by atoms with Gasteiger partial charge in [-0.05, 0) is 38.0 Å². The molecule has 1 N–H and O–H groups in total. The van der Waals surface area contributed by atoms with Gasteiger partial charge in [-0.15, -0.1) is 0 Å². The molecule has 1 rings (SSSR count). The third-order valence-corrected chi connectivity index (χ3v) is 4.29. The monoisotopic (exact) mass is 310 g/mol. The first-order valence-electron chi connectivity index (χ1n) is 5.98. The summed E-state index contributed by atoms with van der Waals surface area (Å²) >= 11 is 0. The lowest BCUT2D eigenvalue weighted by molar-refractivity contribution is -0.137. The zero-order chi connectivity index (χ0) is 15.6. The average Bonchev–Trinajstić information content (AvgIpc) is 2.25. The zero-order valence-electron chi connectivity index (χ0n) is 11.2. The fraction of sp³-hybridized carbons (Fsp3) is 0.538. The van der Waals surface area contributed by atoms with Crippen molar-refractivity contribution in [2.45, 2.75) is 37.8 Å². The molecule has 1 aromatic rings. The van der Waals surface area contributed by atoms with Crippen LogP contribution in [0.1, 0.15) is 31.4 Å². The van der Waals surface area contributed by atoms with E-state index in [2.05, 4.69) is 0 Å². The number of hydrogen-bond acceptors (Lipinski definition) is 3. The van der Waals surface area contributed by atoms with Gasteiger partial charge in [-0.25, -0.2) is 8.42 Å². The van der Waals surface area contributed by atoms with Gasteiger partial charge in [0.1, 0.15) is 0 Å². The summed E-state index contributed by atoms with van der Waals surface area (Å²) in [6.07, 6.45) is -4.35. The van der Waals surface area contributed by atoms with Crippen molar-refractivity contribution >= 4 is 9.84 Å². The van der Waals surface area contributed by atoms with Gasteiger partial charge < -0.3 is 5.11 Å². The fourth-order valence-electron chi connectivity index (χ4n) is 1.52. The molecule has 0 aliphatic carbocycles. The molecule has 0 aliphatic heterocycles. The van der Waals surface area contributed by atoms with Crippen LogP contribution in [0, 0.1) is 0 Å². The Bertz CT molecular complexity index is 540. The summed E-state index contributed by atoms with van der Waals surface area (Å²) in [5, 5.41) is 9.48. The second-order valence-corrected chi connectivity index (χ2v) is 7.53. The molecule has 0 radical (unpaired) electrons. The van der Waals surface area contributed by atoms with Crippen molar-refractivity contribution in [1.29, 1.82) is 0 Å². The SMILES string of the molecule is CC(C)(O)CCS(=O)(=O)Cc1ccc(C(F)(F)F)cc1. The maximum absolute atomic E-state index is 12.4. The topological polar surface area (TPSA) is 54.4 Å². The van der Waals surface area contributed by atoms with Crippen molar-refractivity contribution in [2.75, 3.05) is 5.75 Å². The van der Waals surface area contributed by atoms with E-state index < -0.39 is 27.2 Å². The van der Waals surface area contributed by atoms with Crippen molar-refractivity contribution in [2.24, 2.45) is 0 Å². The van der Waals surface area contributed by atoms with E-state index >= 15 is 0 Å². The predicted octanol–water partition coefficient (Wildman–Crippen LogP) is 2.78. The van der Waals surface area contributed by atoms with E-state index in [0.717, 1.165) is 24.3 Å². The highest BCUT2D eigenvalue weighted by atomic mass is 32.2. The molecule has 0 spiro atoms. The van der Waals surface area contributed by atoms with Crippen LogP contribution < -0.4 is 0 Å². The zero-order valence-corrected chi connectivity index (χ0v) is 12.1. The first-order valence-corrected chi connectivity index (χ1v) is 7.80. The molecule has 0 unspecified atom stereocenters. The van der Waals surface area contributed by atoms with Gasteiger partial charge in [0.05, 0.1) is 22.7 Å². The number of benzene rings is 1. The second-order valence-electron chi connectivity index (χ2n) is 5.35. The minimum atomic E-state index is -4.43. The van der Waals surface area contributed by atoms with Crippen LogP contribution in [0.5, 0.6) is 0 Å². The van der Waals surface area contributed by atoms with Gasteiger partial charge in [-0.3, -0.25) is 0 Å². The van der Waals surface area contributed by atoms with Gasteiger partial charge in [0.25, 0.3) is 0 Å². The Morgan fingerprint density at radius 3 is 2.00 bits per heavy atom. The van der Waals surface area contributed by atoms with E-state index in [9.17, 15) is 26.7 Å². The molecule has 3 nitrogen and oxygen atoms in total. The third-order valence-electron chi connectivity index (χ3n) is 2.69. The van der Waals surface area contributed by atoms with Crippen LogP contribution in [0.4, 0.5) is 13.2 Å². The van der Waals surface area contributed by atoms with Gasteiger partial charge in [0.2, 0.25) is 0 Å². The van der Waals surface area contributed by atoms with Crippen LogP contribution in [0.25, 0.3) is 0 Å². The second kappa shape index (κ2) is 5.73. The van der Waals surface area contributed by atoms with E-state index in [-0.39, 0.29) is 17.9 Å². The van der Waals surface area contributed by atoms with Crippen LogP contribution in [0.3, 0.4) is 0 Å². The predicted molar refractivity (Wildman–Crippen MR) is 69.8 cm³/mol. The smallest absolute Gasteiger partial charge is 0.390 e. The molecule has 0 atom stereocenters. The van der Waals surface area contributed by atoms with E-state index in [0.29, 0.717) is 5.56 Å². The number of sulfone groups is 1. The summed E-state index contributed by atoms with van der Waals surface area (Å²) < 4.78 is 60.7. The summed E-state index contributed by atoms with van der Waals surface area (Å²) in [4.78, 5) is 0. The molecule has 7 heteroatoms. The Hall–Kier alpha value is -1.08. The summed E-state index contributed by atoms with van der Waals surface area (Å²) in [7, 11) is -3.46. The Morgan fingerprint density at radius 2 is 1.60 bits per heavy atom. The van der Waals surface area contributed by atoms with Crippen molar-refractivity contribution < 1.29 is 26.7 Å². The van der Waals surface area contributed by atoms with Gasteiger partial charge >= 0.3 is 6.18 Å². The van der Waals surface area contributed by atoms with Gasteiger partial charge in [0.15, 0.2) is 9.84 Å². The Morgan fingerprint density at radius 1 is 1.10 bits per heavy atom. The molecule has 0 aromatic heterocycles. The summed E-state index contributed by atoms with van der Waals surface area (Å²) in [6.45, 7) is 3.00. The molecular formula is C13H17F3O3S. The lowest BCUT2D eigenvalue weighted by Crippen LogP contribution is -2.24. The first kappa shape index (κ1) is 17.0. The summed E-state index contributed by atoms with van der Waals surface area (Å²) in [6, 6.07) is 4.04. The molecule has 0 saturated heterocycles. The van der Waals surface area contributed by atoms with E-state index in [1.807, 2.05) is 0 Å². The largest absolute Gasteiger partial charge is 0.416 e. The molecular weight excluding hydrogens is 293 g/mol. The average molecular weight is 310 g/mol. The Balaban J connectivity index is 2.73. The number of rotatable bonds is 5. The minimum Gasteiger partial charge on any atom is -0.390 e. The highest BCUT2D eigenvalue weighted by molar-refractivity contribution is 7.90. The van der Waals surface area contributed by atoms with Crippen LogP contribution >= 0.6 is 0 Å². The maximum atomic E-state index is 12.4. The molecule has 114 valence electrons. The molecule has 0 heterocycles. The molecule has 20 heavy (non-hydrogen) atoms. The molecule has 0 amide bonds. The molecule has 0 fully saturated rings. The molecule has 0 saturated carbocycles. The lowest BCUT2D eigenvalue weighted by Gasteiger charge is -2.16. The Kier molecular flexibility index (Phi) is 4.86. The molecule has 0 aliphatic rings. The fourth-order valence-corrected chi connectivity index (χ4v) is 3.18. The van der Waals surface area contributed by atoms with Crippen LogP contribution in [-0.4, -0.2) is 24.9 Å². The van der Waals surface area contributed by atoms with Crippen LogP contribution in [0.15, 0.2) is 24.3 Å². The highest BCUT2D eigenvalue weighted by Gasteiger charge is 2.30. The first-order chi connectivity index (χ1) is 8.89. The lowest BCUT2D eigenvalue weighted by atomic mass is 10.1. The van der Waals surface area contributed by atoms with Gasteiger partial charge in [-0.1, -0.05) is 12.1 Å². The van der Waals surface area contributed by atoms with Gasteiger partial charge in [0, 0.05) is 0 Å². The standard InChI is InChI=1S/C13H17F3O3S/c1-12(2,17)7-8-20(18,19)9-10-3-5-11(6-4-10)13(14,15)16/h3-6,17H,7-9H2,1-2H3. The number of halogens is 3. The van der Waals surface area contributed by atoms with Crippen LogP contribution in [0.2, 0.25) is 0 Å². The third kappa shape index (κ3) is 5.92. The van der Waals surface area contributed by atoms with Crippen molar-refractivity contribution in [3.63, 3.8) is 0 Å². The Labute approximate surface area is 116 Å². The van der Waals surface area contributed by atoms with Gasteiger partial charge in [-0.2, -0.15) is 13.2 Å². The number of aliphatic hydroxyl groups is 1. The highest BCUT2D eigenvalue weighted by Crippen LogP contribution is 2.29. The van der Waals surface area contributed by atoms with E-state index in [1.54, 1.807) is 0 Å².